The first-order valence-corrected chi connectivity index (χ1v) is 9.22. The number of rotatable bonds is 5. The fourth-order valence-corrected chi connectivity index (χ4v) is 3.72. The van der Waals surface area contributed by atoms with Crippen molar-refractivity contribution in [2.45, 2.75) is 38.3 Å². The van der Waals surface area contributed by atoms with Gasteiger partial charge in [0.05, 0.1) is 0 Å². The molecule has 0 aromatic heterocycles. The quantitative estimate of drug-likeness (QED) is 0.840. The summed E-state index contributed by atoms with van der Waals surface area (Å²) in [4.78, 5) is 16.9. The molecule has 0 bridgehead atoms. The van der Waals surface area contributed by atoms with E-state index < -0.39 is 0 Å². The van der Waals surface area contributed by atoms with Crippen molar-refractivity contribution in [2.24, 2.45) is 5.92 Å². The summed E-state index contributed by atoms with van der Waals surface area (Å²) in [6, 6.07) is 8.20. The maximum atomic E-state index is 11.8. The molecule has 3 aliphatic rings. The molecular weight excluding hydrogens is 302 g/mol. The highest BCUT2D eigenvalue weighted by Gasteiger charge is 2.31. The van der Waals surface area contributed by atoms with E-state index >= 15 is 0 Å². The average Bonchev–Trinajstić information content (AvgIpc) is 3.33. The molecule has 0 unspecified atom stereocenters. The second kappa shape index (κ2) is 6.63. The van der Waals surface area contributed by atoms with Crippen molar-refractivity contribution in [3.05, 3.63) is 24.3 Å². The van der Waals surface area contributed by atoms with Crippen molar-refractivity contribution in [1.82, 2.24) is 4.90 Å². The molecule has 1 aromatic rings. The second-order valence-electron chi connectivity index (χ2n) is 7.46. The van der Waals surface area contributed by atoms with Crippen molar-refractivity contribution in [2.75, 3.05) is 42.9 Å². The van der Waals surface area contributed by atoms with Crippen LogP contribution in [0, 0.1) is 5.92 Å². The Hall–Kier alpha value is -1.75. The number of nitrogens with one attached hydrogen (secondary N) is 1. The van der Waals surface area contributed by atoms with E-state index in [1.807, 2.05) is 13.0 Å². The van der Waals surface area contributed by atoms with Crippen molar-refractivity contribution < 1.29 is 9.53 Å². The van der Waals surface area contributed by atoms with Crippen LogP contribution < -0.4 is 10.2 Å². The number of cyclic esters (lactones) is 1. The van der Waals surface area contributed by atoms with E-state index in [-0.39, 0.29) is 18.1 Å². The van der Waals surface area contributed by atoms with Crippen LogP contribution in [-0.4, -0.2) is 55.7 Å². The van der Waals surface area contributed by atoms with Gasteiger partial charge in [-0.2, -0.15) is 0 Å². The lowest BCUT2D eigenvalue weighted by molar-refractivity contribution is -0.141. The minimum atomic E-state index is -0.217. The fraction of sp³-hybridized carbons (Fsp3) is 0.632. The minimum absolute atomic E-state index is 0.0118. The lowest BCUT2D eigenvalue weighted by Gasteiger charge is -2.36. The Morgan fingerprint density at radius 1 is 1.21 bits per heavy atom. The zero-order valence-corrected chi connectivity index (χ0v) is 14.4. The molecule has 2 saturated heterocycles. The van der Waals surface area contributed by atoms with Gasteiger partial charge in [-0.1, -0.05) is 6.07 Å². The van der Waals surface area contributed by atoms with E-state index in [1.54, 1.807) is 0 Å². The number of benzene rings is 1. The molecule has 0 spiro atoms. The number of carbonyl (C=O) groups is 1. The molecule has 2 heterocycles. The first-order chi connectivity index (χ1) is 11.7. The van der Waals surface area contributed by atoms with E-state index in [1.165, 1.54) is 25.1 Å². The summed E-state index contributed by atoms with van der Waals surface area (Å²) < 4.78 is 5.22. The standard InChI is InChI=1S/C19H27N3O2/c1-14-11-18(19(23)24-14)20-16-3-2-4-17(12-16)22-9-7-21(8-10-22)13-15-5-6-15/h2-4,12,14-15,18,20H,5-11,13H2,1H3/t14-,18+/m0/s1. The van der Waals surface area contributed by atoms with Crippen LogP contribution in [0.15, 0.2) is 24.3 Å². The molecular formula is C19H27N3O2. The number of ether oxygens (including phenoxy) is 1. The van der Waals surface area contributed by atoms with Crippen LogP contribution in [0.4, 0.5) is 11.4 Å². The normalized spacial score (nSPS) is 28.0. The van der Waals surface area contributed by atoms with Crippen LogP contribution in [0.25, 0.3) is 0 Å². The largest absolute Gasteiger partial charge is 0.461 e. The minimum Gasteiger partial charge on any atom is -0.461 e. The molecule has 0 radical (unpaired) electrons. The Morgan fingerprint density at radius 3 is 2.67 bits per heavy atom. The van der Waals surface area contributed by atoms with Crippen LogP contribution in [0.5, 0.6) is 0 Å². The van der Waals surface area contributed by atoms with E-state index in [0.717, 1.165) is 44.2 Å². The van der Waals surface area contributed by atoms with Crippen molar-refractivity contribution in [3.63, 3.8) is 0 Å². The van der Waals surface area contributed by atoms with E-state index in [0.29, 0.717) is 0 Å². The summed E-state index contributed by atoms with van der Waals surface area (Å²) in [5, 5.41) is 3.33. The third-order valence-electron chi connectivity index (χ3n) is 5.31. The summed E-state index contributed by atoms with van der Waals surface area (Å²) >= 11 is 0. The van der Waals surface area contributed by atoms with E-state index in [9.17, 15) is 4.79 Å². The van der Waals surface area contributed by atoms with Gasteiger partial charge in [-0.15, -0.1) is 0 Å². The Balaban J connectivity index is 1.35. The summed E-state index contributed by atoms with van der Waals surface area (Å²) in [6.07, 6.45) is 3.60. The fourth-order valence-electron chi connectivity index (χ4n) is 3.72. The molecule has 3 fully saturated rings. The predicted octanol–water partition coefficient (Wildman–Crippen LogP) is 2.33. The Kier molecular flexibility index (Phi) is 4.35. The molecule has 4 rings (SSSR count). The Labute approximate surface area is 144 Å². The van der Waals surface area contributed by atoms with E-state index in [4.69, 9.17) is 4.74 Å². The zero-order valence-electron chi connectivity index (χ0n) is 14.4. The van der Waals surface area contributed by atoms with Crippen LogP contribution >= 0.6 is 0 Å². The van der Waals surface area contributed by atoms with Gasteiger partial charge in [-0.05, 0) is 43.9 Å². The Morgan fingerprint density at radius 2 is 2.00 bits per heavy atom. The third kappa shape index (κ3) is 3.66. The van der Waals surface area contributed by atoms with Crippen LogP contribution in [0.3, 0.4) is 0 Å². The lowest BCUT2D eigenvalue weighted by atomic mass is 10.1. The molecule has 5 nitrogen and oxygen atoms in total. The topological polar surface area (TPSA) is 44.8 Å². The van der Waals surface area contributed by atoms with Gasteiger partial charge in [0.1, 0.15) is 12.1 Å². The zero-order chi connectivity index (χ0) is 16.5. The molecule has 24 heavy (non-hydrogen) atoms. The highest BCUT2D eigenvalue weighted by Crippen LogP contribution is 2.30. The SMILES string of the molecule is C[C@H]1C[C@@H](Nc2cccc(N3CCN(CC4CC4)CC3)c2)C(=O)O1. The first kappa shape index (κ1) is 15.8. The van der Waals surface area contributed by atoms with Crippen LogP contribution in [-0.2, 0) is 9.53 Å². The van der Waals surface area contributed by atoms with Gasteiger partial charge < -0.3 is 15.0 Å². The third-order valence-corrected chi connectivity index (χ3v) is 5.31. The molecule has 0 amide bonds. The summed E-state index contributed by atoms with van der Waals surface area (Å²) in [5.41, 5.74) is 2.24. The summed E-state index contributed by atoms with van der Waals surface area (Å²) in [5.74, 6) is 0.833. The number of nitrogens with zero attached hydrogens (tertiary/aromatic N) is 2. The molecule has 1 N–H and O–H groups in total. The molecule has 2 aliphatic heterocycles. The maximum Gasteiger partial charge on any atom is 0.328 e. The highest BCUT2D eigenvalue weighted by molar-refractivity contribution is 5.81. The molecule has 2 atom stereocenters. The van der Waals surface area contributed by atoms with Gasteiger partial charge in [0.25, 0.3) is 0 Å². The molecule has 5 heteroatoms. The van der Waals surface area contributed by atoms with Gasteiger partial charge >= 0.3 is 5.97 Å². The van der Waals surface area contributed by atoms with Gasteiger partial charge in [-0.3, -0.25) is 4.90 Å². The van der Waals surface area contributed by atoms with Gasteiger partial charge in [0.15, 0.2) is 0 Å². The molecule has 1 aromatic carbocycles. The monoisotopic (exact) mass is 329 g/mol. The number of piperazine rings is 1. The second-order valence-corrected chi connectivity index (χ2v) is 7.46. The van der Waals surface area contributed by atoms with Gasteiger partial charge in [0, 0.05) is 50.5 Å². The number of anilines is 2. The van der Waals surface area contributed by atoms with Gasteiger partial charge in [0.2, 0.25) is 0 Å². The highest BCUT2D eigenvalue weighted by atomic mass is 16.6. The van der Waals surface area contributed by atoms with Crippen LogP contribution in [0.2, 0.25) is 0 Å². The van der Waals surface area contributed by atoms with E-state index in [2.05, 4.69) is 33.3 Å². The molecule has 1 saturated carbocycles. The number of carbonyl (C=O) groups excluding carboxylic acids is 1. The molecule has 130 valence electrons. The smallest absolute Gasteiger partial charge is 0.328 e. The summed E-state index contributed by atoms with van der Waals surface area (Å²) in [7, 11) is 0. The Bertz CT molecular complexity index is 594. The number of hydrogen-bond acceptors (Lipinski definition) is 5. The van der Waals surface area contributed by atoms with Crippen LogP contribution in [0.1, 0.15) is 26.2 Å². The molecule has 1 aliphatic carbocycles. The van der Waals surface area contributed by atoms with Crippen molar-refractivity contribution >= 4 is 17.3 Å². The average molecular weight is 329 g/mol. The van der Waals surface area contributed by atoms with Gasteiger partial charge in [-0.25, -0.2) is 4.79 Å². The van der Waals surface area contributed by atoms with Crippen molar-refractivity contribution in [1.29, 1.82) is 0 Å². The van der Waals surface area contributed by atoms with Crippen molar-refractivity contribution in [3.8, 4) is 0 Å². The first-order valence-electron chi connectivity index (χ1n) is 9.22. The number of hydrogen-bond donors (Lipinski definition) is 1. The summed E-state index contributed by atoms with van der Waals surface area (Å²) in [6.45, 7) is 7.70. The predicted molar refractivity (Wildman–Crippen MR) is 95.4 cm³/mol. The maximum absolute atomic E-state index is 11.8. The number of esters is 1. The lowest BCUT2D eigenvalue weighted by Crippen LogP contribution is -2.47.